The molecule has 0 fully saturated rings. The first-order valence-electron chi connectivity index (χ1n) is 8.06. The average molecular weight is 453 g/mol. The zero-order chi connectivity index (χ0) is 20.0. The van der Waals surface area contributed by atoms with Crippen LogP contribution < -0.4 is 5.56 Å². The number of carboxylic acid groups (broad SMARTS) is 1. The molecule has 9 nitrogen and oxygen atoms in total. The molecule has 0 aliphatic heterocycles. The minimum Gasteiger partial charge on any atom is -0.478 e. The Kier molecular flexibility index (Phi) is 5.69. The Morgan fingerprint density at radius 2 is 2.00 bits per heavy atom. The maximum absolute atomic E-state index is 12.7. The monoisotopic (exact) mass is 452 g/mol. The summed E-state index contributed by atoms with van der Waals surface area (Å²) >= 11 is 12.3. The van der Waals surface area contributed by atoms with Crippen LogP contribution in [0, 0.1) is 0 Å². The molecule has 4 rings (SSSR count). The lowest BCUT2D eigenvalue weighted by Gasteiger charge is -2.15. The summed E-state index contributed by atoms with van der Waals surface area (Å²) in [6.45, 7) is 1.84. The van der Waals surface area contributed by atoms with Crippen molar-refractivity contribution < 1.29 is 9.90 Å². The van der Waals surface area contributed by atoms with Crippen molar-refractivity contribution in [1.29, 1.82) is 0 Å². The van der Waals surface area contributed by atoms with Crippen molar-refractivity contribution >= 4 is 53.7 Å². The van der Waals surface area contributed by atoms with Crippen molar-refractivity contribution in [3.63, 3.8) is 0 Å². The first-order chi connectivity index (χ1) is 13.3. The predicted octanol–water partition coefficient (Wildman–Crippen LogP) is 3.03. The van der Waals surface area contributed by atoms with E-state index in [1.54, 1.807) is 18.2 Å². The van der Waals surface area contributed by atoms with Crippen molar-refractivity contribution in [2.24, 2.45) is 0 Å². The Morgan fingerprint density at radius 1 is 1.24 bits per heavy atom. The largest absolute Gasteiger partial charge is 0.478 e. The summed E-state index contributed by atoms with van der Waals surface area (Å²) in [5.74, 6) is -1.05. The van der Waals surface area contributed by atoms with E-state index in [4.69, 9.17) is 28.3 Å². The molecule has 0 unspecified atom stereocenters. The molecule has 150 valence electrons. The summed E-state index contributed by atoms with van der Waals surface area (Å²) in [6, 6.07) is 4.70. The molecule has 0 spiro atoms. The number of fused-ring (bicyclic) bond motifs is 1. The van der Waals surface area contributed by atoms with E-state index in [0.717, 1.165) is 0 Å². The predicted molar refractivity (Wildman–Crippen MR) is 113 cm³/mol. The van der Waals surface area contributed by atoms with Gasteiger partial charge >= 0.3 is 5.97 Å². The first-order valence-corrected chi connectivity index (χ1v) is 8.81. The lowest BCUT2D eigenvalue weighted by Crippen LogP contribution is -2.19. The maximum Gasteiger partial charge on any atom is 0.338 e. The van der Waals surface area contributed by atoms with Crippen molar-refractivity contribution in [3.05, 3.63) is 68.3 Å². The quantitative estimate of drug-likeness (QED) is 0.491. The molecule has 0 amide bonds. The molecule has 0 bridgehead atoms. The number of carboxylic acids is 1. The normalized spacial score (nSPS) is 12.0. The molecule has 0 aliphatic carbocycles. The number of hydrogen-bond acceptors (Lipinski definition) is 5. The van der Waals surface area contributed by atoms with E-state index in [2.05, 4.69) is 20.2 Å². The molecule has 2 N–H and O–H groups in total. The van der Waals surface area contributed by atoms with E-state index in [-0.39, 0.29) is 36.6 Å². The van der Waals surface area contributed by atoms with E-state index >= 15 is 0 Å². The Balaban J connectivity index is 0.00000240. The van der Waals surface area contributed by atoms with Crippen LogP contribution in [0.5, 0.6) is 0 Å². The van der Waals surface area contributed by atoms with Gasteiger partial charge in [0, 0.05) is 16.2 Å². The van der Waals surface area contributed by atoms with Crippen LogP contribution in [-0.2, 0) is 0 Å². The van der Waals surface area contributed by atoms with Crippen LogP contribution in [-0.4, -0.2) is 40.6 Å². The van der Waals surface area contributed by atoms with Gasteiger partial charge in [0.2, 0.25) is 5.95 Å². The minimum atomic E-state index is -1.13. The van der Waals surface area contributed by atoms with E-state index in [0.29, 0.717) is 21.1 Å². The number of nitrogens with zero attached hydrogens (tertiary/aromatic N) is 5. The Labute approximate surface area is 180 Å². The van der Waals surface area contributed by atoms with Gasteiger partial charge in [-0.05, 0) is 30.7 Å². The van der Waals surface area contributed by atoms with Crippen LogP contribution in [0.25, 0.3) is 17.0 Å². The molecule has 0 saturated carbocycles. The number of rotatable bonds is 4. The van der Waals surface area contributed by atoms with Crippen LogP contribution in [0.4, 0.5) is 0 Å². The number of aromatic nitrogens is 6. The second kappa shape index (κ2) is 7.90. The lowest BCUT2D eigenvalue weighted by atomic mass is 10.1. The summed E-state index contributed by atoms with van der Waals surface area (Å²) < 4.78 is 2.69. The van der Waals surface area contributed by atoms with Crippen molar-refractivity contribution in [2.45, 2.75) is 13.0 Å². The van der Waals surface area contributed by atoms with Crippen LogP contribution in [0.2, 0.25) is 10.0 Å². The third kappa shape index (κ3) is 3.74. The van der Waals surface area contributed by atoms with Gasteiger partial charge in [-0.1, -0.05) is 23.2 Å². The van der Waals surface area contributed by atoms with Gasteiger partial charge in [0.1, 0.15) is 5.52 Å². The molecule has 1 aromatic carbocycles. The fourth-order valence-electron chi connectivity index (χ4n) is 2.88. The Hall–Kier alpha value is -2.82. The zero-order valence-electron chi connectivity index (χ0n) is 14.8. The number of carbonyl (C=O) groups is 1. The van der Waals surface area contributed by atoms with E-state index in [1.807, 2.05) is 6.92 Å². The SMILES string of the molecule is C[C@@H](c1cc(Cl)ccc1Cl)n1ncc2nc(-n3cc(C(=O)O)cn3)[nH]c(=O)c21.S. The van der Waals surface area contributed by atoms with Crippen LogP contribution in [0.1, 0.15) is 28.9 Å². The van der Waals surface area contributed by atoms with Gasteiger partial charge in [-0.2, -0.15) is 23.7 Å². The summed E-state index contributed by atoms with van der Waals surface area (Å²) in [5.41, 5.74) is 0.812. The molecule has 3 heterocycles. The highest BCUT2D eigenvalue weighted by Gasteiger charge is 2.19. The smallest absolute Gasteiger partial charge is 0.338 e. The van der Waals surface area contributed by atoms with Gasteiger partial charge in [0.25, 0.3) is 5.56 Å². The summed E-state index contributed by atoms with van der Waals surface area (Å²) in [6.07, 6.45) is 3.87. The number of hydrogen-bond donors (Lipinski definition) is 2. The van der Waals surface area contributed by atoms with Gasteiger partial charge < -0.3 is 5.11 Å². The highest BCUT2D eigenvalue weighted by molar-refractivity contribution is 7.59. The topological polar surface area (TPSA) is 119 Å². The number of aromatic carboxylic acids is 1. The number of halogens is 2. The highest BCUT2D eigenvalue weighted by atomic mass is 35.5. The standard InChI is InChI=1S/C17H12Cl2N6O3.H2S/c1-8(11-4-10(18)2-3-12(11)19)25-14-13(6-21-25)22-17(23-15(14)26)24-7-9(5-20-24)16(27)28;/h2-8H,1H3,(H,27,28)(H,22,23,26);1H2/t8-;/m0./s1. The second-order valence-electron chi connectivity index (χ2n) is 6.03. The number of benzene rings is 1. The second-order valence-corrected chi connectivity index (χ2v) is 6.88. The fraction of sp³-hybridized carbons (Fsp3) is 0.118. The number of nitrogens with one attached hydrogen (secondary N) is 1. The van der Waals surface area contributed by atoms with Gasteiger partial charge in [-0.25, -0.2) is 14.5 Å². The highest BCUT2D eigenvalue weighted by Crippen LogP contribution is 2.29. The zero-order valence-corrected chi connectivity index (χ0v) is 17.3. The molecule has 1 atom stereocenters. The lowest BCUT2D eigenvalue weighted by molar-refractivity contribution is 0.0697. The van der Waals surface area contributed by atoms with Gasteiger partial charge in [0.05, 0.1) is 24.0 Å². The number of aromatic amines is 1. The first kappa shape index (κ1) is 20.9. The maximum atomic E-state index is 12.7. The molecule has 0 saturated heterocycles. The summed E-state index contributed by atoms with van der Waals surface area (Å²) in [7, 11) is 0. The molecular weight excluding hydrogens is 439 g/mol. The van der Waals surface area contributed by atoms with Gasteiger partial charge in [-0.3, -0.25) is 14.5 Å². The van der Waals surface area contributed by atoms with Crippen molar-refractivity contribution in [2.75, 3.05) is 0 Å². The Morgan fingerprint density at radius 3 is 2.69 bits per heavy atom. The van der Waals surface area contributed by atoms with Gasteiger partial charge in [-0.15, -0.1) is 0 Å². The molecule has 4 aromatic rings. The summed E-state index contributed by atoms with van der Waals surface area (Å²) in [4.78, 5) is 30.6. The third-order valence-corrected chi connectivity index (χ3v) is 4.84. The van der Waals surface area contributed by atoms with Crippen LogP contribution in [0.15, 0.2) is 41.6 Å². The number of H-pyrrole nitrogens is 1. The van der Waals surface area contributed by atoms with Crippen molar-refractivity contribution in [3.8, 4) is 5.95 Å². The molecule has 0 radical (unpaired) electrons. The van der Waals surface area contributed by atoms with Crippen LogP contribution in [0.3, 0.4) is 0 Å². The van der Waals surface area contributed by atoms with Crippen LogP contribution >= 0.6 is 36.7 Å². The average Bonchev–Trinajstić information content (AvgIpc) is 3.30. The summed E-state index contributed by atoms with van der Waals surface area (Å²) in [5, 5.41) is 18.2. The molecule has 29 heavy (non-hydrogen) atoms. The van der Waals surface area contributed by atoms with Crippen molar-refractivity contribution in [1.82, 2.24) is 29.5 Å². The molecule has 3 aromatic heterocycles. The van der Waals surface area contributed by atoms with E-state index < -0.39 is 11.5 Å². The third-order valence-electron chi connectivity index (χ3n) is 4.26. The van der Waals surface area contributed by atoms with Gasteiger partial charge in [0.15, 0.2) is 5.52 Å². The minimum absolute atomic E-state index is 0. The molecular formula is C17H14Cl2N6O3S. The van der Waals surface area contributed by atoms with E-state index in [1.165, 1.54) is 28.0 Å². The Bertz CT molecular complexity index is 1280. The van der Waals surface area contributed by atoms with E-state index in [9.17, 15) is 9.59 Å². The molecule has 12 heteroatoms. The molecule has 0 aliphatic rings. The fourth-order valence-corrected chi connectivity index (χ4v) is 3.33.